The fraction of sp³-hybridized carbons (Fsp3) is 0. The van der Waals surface area contributed by atoms with Crippen molar-refractivity contribution in [2.75, 3.05) is 0 Å². The molecular formula is C21H15N. The topological polar surface area (TPSA) is 12.9 Å². The maximum atomic E-state index is 4.88. The highest BCUT2D eigenvalue weighted by Gasteiger charge is 2.11. The van der Waals surface area contributed by atoms with Gasteiger partial charge in [0.1, 0.15) is 0 Å². The zero-order valence-corrected chi connectivity index (χ0v) is 12.2. The monoisotopic (exact) mass is 281 g/mol. The maximum absolute atomic E-state index is 4.88. The van der Waals surface area contributed by atoms with Crippen molar-refractivity contribution in [2.24, 2.45) is 0 Å². The third kappa shape index (κ3) is 1.99. The van der Waals surface area contributed by atoms with Crippen LogP contribution in [0.4, 0.5) is 0 Å². The molecule has 4 rings (SSSR count). The van der Waals surface area contributed by atoms with Gasteiger partial charge in [0.25, 0.3) is 0 Å². The number of para-hydroxylation sites is 1. The van der Waals surface area contributed by atoms with Crippen LogP contribution in [0.2, 0.25) is 0 Å². The average molecular weight is 281 g/mol. The summed E-state index contributed by atoms with van der Waals surface area (Å²) in [5, 5.41) is 3.55. The van der Waals surface area contributed by atoms with Gasteiger partial charge >= 0.3 is 0 Å². The van der Waals surface area contributed by atoms with Crippen molar-refractivity contribution in [2.45, 2.75) is 0 Å². The van der Waals surface area contributed by atoms with Crippen LogP contribution in [0.15, 0.2) is 85.4 Å². The van der Waals surface area contributed by atoms with Crippen LogP contribution in [0.1, 0.15) is 11.3 Å². The number of rotatable bonds is 2. The van der Waals surface area contributed by atoms with E-state index in [2.05, 4.69) is 61.2 Å². The minimum atomic E-state index is 0.959. The lowest BCUT2D eigenvalue weighted by Gasteiger charge is -2.12. The molecule has 0 spiro atoms. The Labute approximate surface area is 129 Å². The predicted octanol–water partition coefficient (Wildman–Crippen LogP) is 5.45. The summed E-state index contributed by atoms with van der Waals surface area (Å²) in [5.41, 5.74) is 4.03. The van der Waals surface area contributed by atoms with Gasteiger partial charge in [-0.15, -0.1) is 0 Å². The van der Waals surface area contributed by atoms with Crippen LogP contribution in [-0.4, -0.2) is 4.98 Å². The highest BCUT2D eigenvalue weighted by atomic mass is 14.7. The summed E-state index contributed by atoms with van der Waals surface area (Å²) >= 11 is 0. The Morgan fingerprint density at radius 3 is 2.00 bits per heavy atom. The van der Waals surface area contributed by atoms with Gasteiger partial charge in [0.15, 0.2) is 0 Å². The minimum absolute atomic E-state index is 0.959. The van der Waals surface area contributed by atoms with E-state index in [1.807, 2.05) is 24.3 Å². The number of hydrogen-bond acceptors (Lipinski definition) is 1. The van der Waals surface area contributed by atoms with Crippen molar-refractivity contribution in [3.63, 3.8) is 0 Å². The second-order valence-corrected chi connectivity index (χ2v) is 5.37. The molecule has 0 fully saturated rings. The van der Waals surface area contributed by atoms with Crippen LogP contribution in [0.3, 0.4) is 0 Å². The molecule has 0 aliphatic rings. The molecule has 0 atom stereocenters. The van der Waals surface area contributed by atoms with Crippen molar-refractivity contribution >= 4 is 27.2 Å². The van der Waals surface area contributed by atoms with E-state index in [1.165, 1.54) is 10.8 Å². The van der Waals surface area contributed by atoms with E-state index in [0.29, 0.717) is 0 Å². The first kappa shape index (κ1) is 12.8. The Hall–Kier alpha value is -2.93. The van der Waals surface area contributed by atoms with Gasteiger partial charge in [-0.2, -0.15) is 0 Å². The molecule has 0 saturated carbocycles. The van der Waals surface area contributed by atoms with Crippen molar-refractivity contribution in [1.82, 2.24) is 4.98 Å². The molecule has 0 N–H and O–H groups in total. The third-order valence-electron chi connectivity index (χ3n) is 4.02. The largest absolute Gasteiger partial charge is 0.247 e. The van der Waals surface area contributed by atoms with Crippen LogP contribution in [0.25, 0.3) is 27.2 Å². The van der Waals surface area contributed by atoms with Gasteiger partial charge in [0, 0.05) is 16.3 Å². The van der Waals surface area contributed by atoms with Crippen LogP contribution in [0, 0.1) is 0 Å². The first-order chi connectivity index (χ1) is 10.8. The predicted molar refractivity (Wildman–Crippen MR) is 93.8 cm³/mol. The summed E-state index contributed by atoms with van der Waals surface area (Å²) in [6.45, 7) is 4.29. The van der Waals surface area contributed by atoms with E-state index in [-0.39, 0.29) is 0 Å². The van der Waals surface area contributed by atoms with E-state index < -0.39 is 0 Å². The molecule has 0 radical (unpaired) electrons. The van der Waals surface area contributed by atoms with E-state index in [1.54, 1.807) is 0 Å². The molecule has 0 bridgehead atoms. The number of aromatic nitrogens is 1. The van der Waals surface area contributed by atoms with Gasteiger partial charge in [-0.05, 0) is 17.0 Å². The number of fused-ring (bicyclic) bond motifs is 3. The summed E-state index contributed by atoms with van der Waals surface area (Å²) in [4.78, 5) is 4.88. The Kier molecular flexibility index (Phi) is 2.97. The molecular weight excluding hydrogens is 266 g/mol. The number of pyridine rings is 1. The molecule has 1 heterocycles. The zero-order chi connectivity index (χ0) is 14.9. The average Bonchev–Trinajstić information content (AvgIpc) is 2.61. The highest BCUT2D eigenvalue weighted by molar-refractivity contribution is 6.10. The molecule has 1 heteroatoms. The van der Waals surface area contributed by atoms with Crippen molar-refractivity contribution in [3.8, 4) is 0 Å². The number of hydrogen-bond donors (Lipinski definition) is 0. The lowest BCUT2D eigenvalue weighted by molar-refractivity contribution is 1.37. The van der Waals surface area contributed by atoms with E-state index in [9.17, 15) is 0 Å². The molecule has 1 nitrogen and oxygen atoms in total. The van der Waals surface area contributed by atoms with Gasteiger partial charge in [-0.25, -0.2) is 4.98 Å². The first-order valence-electron chi connectivity index (χ1n) is 7.37. The normalized spacial score (nSPS) is 10.9. The summed E-state index contributed by atoms with van der Waals surface area (Å²) in [6.07, 6.45) is 0. The maximum Gasteiger partial charge on any atom is 0.0788 e. The van der Waals surface area contributed by atoms with Crippen molar-refractivity contribution in [3.05, 3.63) is 96.7 Å². The Morgan fingerprint density at radius 2 is 1.23 bits per heavy atom. The molecule has 0 aliphatic carbocycles. The van der Waals surface area contributed by atoms with Gasteiger partial charge in [0.2, 0.25) is 0 Å². The third-order valence-corrected chi connectivity index (χ3v) is 4.02. The molecule has 0 aliphatic heterocycles. The van der Waals surface area contributed by atoms with E-state index in [4.69, 9.17) is 4.98 Å². The van der Waals surface area contributed by atoms with Gasteiger partial charge in [0.05, 0.1) is 11.2 Å². The lowest BCUT2D eigenvalue weighted by Crippen LogP contribution is -1.94. The Bertz CT molecular complexity index is 984. The SMILES string of the molecule is C=C(c1ccccc1)c1nc2ccccc2c2ccccc12. The molecule has 0 saturated heterocycles. The molecule has 4 aromatic rings. The fourth-order valence-corrected chi connectivity index (χ4v) is 2.91. The molecule has 22 heavy (non-hydrogen) atoms. The zero-order valence-electron chi connectivity index (χ0n) is 12.2. The van der Waals surface area contributed by atoms with E-state index >= 15 is 0 Å². The van der Waals surface area contributed by atoms with Crippen molar-refractivity contribution in [1.29, 1.82) is 0 Å². The smallest absolute Gasteiger partial charge is 0.0788 e. The van der Waals surface area contributed by atoms with E-state index in [0.717, 1.165) is 27.7 Å². The molecule has 3 aromatic carbocycles. The van der Waals surface area contributed by atoms with Crippen LogP contribution in [-0.2, 0) is 0 Å². The van der Waals surface area contributed by atoms with Gasteiger partial charge in [-0.1, -0.05) is 79.4 Å². The van der Waals surface area contributed by atoms with Crippen LogP contribution < -0.4 is 0 Å². The number of nitrogens with zero attached hydrogens (tertiary/aromatic N) is 1. The van der Waals surface area contributed by atoms with Crippen LogP contribution >= 0.6 is 0 Å². The summed E-state index contributed by atoms with van der Waals surface area (Å²) < 4.78 is 0. The summed E-state index contributed by atoms with van der Waals surface area (Å²) in [6, 6.07) is 26.9. The second kappa shape index (κ2) is 5.12. The Balaban J connectivity index is 2.06. The van der Waals surface area contributed by atoms with Crippen molar-refractivity contribution < 1.29 is 0 Å². The quantitative estimate of drug-likeness (QED) is 0.445. The molecule has 1 aromatic heterocycles. The first-order valence-corrected chi connectivity index (χ1v) is 7.37. The Morgan fingerprint density at radius 1 is 0.636 bits per heavy atom. The summed E-state index contributed by atoms with van der Waals surface area (Å²) in [7, 11) is 0. The number of benzene rings is 3. The van der Waals surface area contributed by atoms with Gasteiger partial charge < -0.3 is 0 Å². The molecule has 0 unspecified atom stereocenters. The standard InChI is InChI=1S/C21H15N/c1-15(16-9-3-2-4-10-16)21-19-13-6-5-11-17(19)18-12-7-8-14-20(18)22-21/h2-14H,1H2. The fourth-order valence-electron chi connectivity index (χ4n) is 2.91. The second-order valence-electron chi connectivity index (χ2n) is 5.37. The highest BCUT2D eigenvalue weighted by Crippen LogP contribution is 2.31. The van der Waals surface area contributed by atoms with Crippen LogP contribution in [0.5, 0.6) is 0 Å². The summed E-state index contributed by atoms with van der Waals surface area (Å²) in [5.74, 6) is 0. The minimum Gasteiger partial charge on any atom is -0.247 e. The molecule has 0 amide bonds. The lowest BCUT2D eigenvalue weighted by atomic mass is 9.97. The molecule has 104 valence electrons. The van der Waals surface area contributed by atoms with Gasteiger partial charge in [-0.3, -0.25) is 0 Å².